The summed E-state index contributed by atoms with van der Waals surface area (Å²) in [5.74, 6) is 0.680. The molecule has 0 saturated heterocycles. The summed E-state index contributed by atoms with van der Waals surface area (Å²) in [4.78, 5) is 38.2. The van der Waals surface area contributed by atoms with Gasteiger partial charge in [0, 0.05) is 53.7 Å². The Labute approximate surface area is 259 Å². The van der Waals surface area contributed by atoms with Crippen LogP contribution in [0.4, 0.5) is 17.2 Å². The van der Waals surface area contributed by atoms with Crippen LogP contribution < -0.4 is 20.9 Å². The highest BCUT2D eigenvalue weighted by molar-refractivity contribution is 6.09. The van der Waals surface area contributed by atoms with Gasteiger partial charge in [-0.1, -0.05) is 32.0 Å². The van der Waals surface area contributed by atoms with Crippen molar-refractivity contribution in [3.05, 3.63) is 65.5 Å². The zero-order valence-electron chi connectivity index (χ0n) is 26.9. The van der Waals surface area contributed by atoms with E-state index in [1.54, 1.807) is 7.05 Å². The van der Waals surface area contributed by atoms with Crippen LogP contribution in [0, 0.1) is 6.92 Å². The van der Waals surface area contributed by atoms with Gasteiger partial charge in [0.25, 0.3) is 5.91 Å². The van der Waals surface area contributed by atoms with E-state index in [-0.39, 0.29) is 23.9 Å². The summed E-state index contributed by atoms with van der Waals surface area (Å²) in [5, 5.41) is 9.84. The Balaban J connectivity index is 1.42. The average molecular weight is 594 g/mol. The molecule has 6 rings (SSSR count). The third kappa shape index (κ3) is 5.03. The Morgan fingerprint density at radius 2 is 1.80 bits per heavy atom. The van der Waals surface area contributed by atoms with E-state index in [2.05, 4.69) is 66.4 Å². The molecular weight excluding hydrogens is 550 g/mol. The van der Waals surface area contributed by atoms with Crippen molar-refractivity contribution in [2.75, 3.05) is 17.3 Å². The molecule has 9 heteroatoms. The second kappa shape index (κ2) is 11.0. The van der Waals surface area contributed by atoms with Crippen molar-refractivity contribution < 1.29 is 9.59 Å². The molecule has 1 saturated carbocycles. The van der Waals surface area contributed by atoms with Crippen molar-refractivity contribution in [3.8, 4) is 11.3 Å². The summed E-state index contributed by atoms with van der Waals surface area (Å²) >= 11 is 0. The molecule has 1 aliphatic carbocycles. The van der Waals surface area contributed by atoms with E-state index in [1.165, 1.54) is 0 Å². The van der Waals surface area contributed by atoms with Gasteiger partial charge in [-0.2, -0.15) is 0 Å². The second-order valence-electron chi connectivity index (χ2n) is 13.4. The van der Waals surface area contributed by atoms with E-state index < -0.39 is 5.41 Å². The fraction of sp³-hybridized carbons (Fsp3) is 0.429. The highest BCUT2D eigenvalue weighted by Gasteiger charge is 2.49. The number of hydrogen-bond acceptors (Lipinski definition) is 6. The van der Waals surface area contributed by atoms with E-state index in [0.717, 1.165) is 57.6 Å². The lowest BCUT2D eigenvalue weighted by molar-refractivity contribution is -0.123. The number of nitrogens with one attached hydrogen (secondary N) is 3. The molecule has 0 unspecified atom stereocenters. The number of anilines is 3. The van der Waals surface area contributed by atoms with Crippen molar-refractivity contribution in [2.24, 2.45) is 0 Å². The Morgan fingerprint density at radius 1 is 1.05 bits per heavy atom. The van der Waals surface area contributed by atoms with Gasteiger partial charge in [-0.05, 0) is 82.9 Å². The number of carbonyl (C=O) groups excluding carboxylic acids is 2. The summed E-state index contributed by atoms with van der Waals surface area (Å²) in [7, 11) is 1.63. The standard InChI is InChI=1S/C35H43N7O2/c1-19(2)38-24-14-25(15-24)42-30-13-22(10-12-27(30)35(6,7)34(42)44)28-17-29-31(41(18-37-29)20(3)4)32(40-28)39-23-11-9-21(5)26(16-23)33(43)36-8/h9-13,16-20,24-25,38H,14-15H2,1-8H3,(H,36,43)(H,39,40). The van der Waals surface area contributed by atoms with E-state index in [0.29, 0.717) is 23.5 Å². The van der Waals surface area contributed by atoms with E-state index >= 15 is 0 Å². The molecule has 2 aromatic heterocycles. The molecule has 2 amide bonds. The molecule has 4 aromatic rings. The minimum Gasteiger partial charge on any atom is -0.355 e. The van der Waals surface area contributed by atoms with Crippen molar-refractivity contribution in [1.29, 1.82) is 0 Å². The van der Waals surface area contributed by atoms with Gasteiger partial charge >= 0.3 is 0 Å². The predicted molar refractivity (Wildman–Crippen MR) is 177 cm³/mol. The molecule has 1 aliphatic heterocycles. The van der Waals surface area contributed by atoms with Crippen LogP contribution in [0.5, 0.6) is 0 Å². The van der Waals surface area contributed by atoms with Gasteiger partial charge in [0.2, 0.25) is 5.91 Å². The third-order valence-corrected chi connectivity index (χ3v) is 9.11. The normalized spacial score (nSPS) is 19.0. The number of rotatable bonds is 8. The number of nitrogens with zero attached hydrogens (tertiary/aromatic N) is 4. The fourth-order valence-electron chi connectivity index (χ4n) is 6.62. The van der Waals surface area contributed by atoms with Crippen molar-refractivity contribution in [2.45, 2.75) is 90.9 Å². The summed E-state index contributed by atoms with van der Waals surface area (Å²) in [5.41, 5.74) is 7.11. The third-order valence-electron chi connectivity index (χ3n) is 9.11. The van der Waals surface area contributed by atoms with Gasteiger partial charge < -0.3 is 25.4 Å². The van der Waals surface area contributed by atoms with E-state index in [9.17, 15) is 9.59 Å². The molecule has 230 valence electrons. The molecule has 44 heavy (non-hydrogen) atoms. The summed E-state index contributed by atoms with van der Waals surface area (Å²) in [6.07, 6.45) is 3.74. The lowest BCUT2D eigenvalue weighted by Crippen LogP contribution is -2.56. The number of amides is 2. The Hall–Kier alpha value is -4.24. The molecule has 3 N–H and O–H groups in total. The van der Waals surface area contributed by atoms with E-state index in [4.69, 9.17) is 9.97 Å². The highest BCUT2D eigenvalue weighted by atomic mass is 16.2. The van der Waals surface area contributed by atoms with Crippen LogP contribution in [0.3, 0.4) is 0 Å². The van der Waals surface area contributed by atoms with Crippen LogP contribution in [0.25, 0.3) is 22.3 Å². The molecule has 2 aromatic carbocycles. The lowest BCUT2D eigenvalue weighted by atomic mass is 9.84. The Morgan fingerprint density at radius 3 is 2.48 bits per heavy atom. The Bertz CT molecular complexity index is 1760. The second-order valence-corrected chi connectivity index (χ2v) is 13.4. The number of carbonyl (C=O) groups is 2. The summed E-state index contributed by atoms with van der Waals surface area (Å²) < 4.78 is 2.10. The monoisotopic (exact) mass is 593 g/mol. The minimum absolute atomic E-state index is 0.136. The molecule has 0 spiro atoms. The maximum Gasteiger partial charge on any atom is 0.251 e. The summed E-state index contributed by atoms with van der Waals surface area (Å²) in [6, 6.07) is 15.2. The first kappa shape index (κ1) is 29.8. The molecule has 1 fully saturated rings. The topological polar surface area (TPSA) is 104 Å². The maximum absolute atomic E-state index is 13.8. The highest BCUT2D eigenvalue weighted by Crippen LogP contribution is 2.47. The van der Waals surface area contributed by atoms with Crippen LogP contribution in [0.15, 0.2) is 48.8 Å². The molecular formula is C35H43N7O2. The summed E-state index contributed by atoms with van der Waals surface area (Å²) in [6.45, 7) is 14.5. The molecule has 9 nitrogen and oxygen atoms in total. The predicted octanol–water partition coefficient (Wildman–Crippen LogP) is 6.24. The molecule has 0 bridgehead atoms. The largest absolute Gasteiger partial charge is 0.355 e. The maximum atomic E-state index is 13.8. The number of benzene rings is 2. The average Bonchev–Trinajstić information content (AvgIpc) is 3.48. The number of aryl methyl sites for hydroxylation is 1. The van der Waals surface area contributed by atoms with Crippen molar-refractivity contribution in [3.63, 3.8) is 0 Å². The van der Waals surface area contributed by atoms with Crippen LogP contribution in [0.2, 0.25) is 0 Å². The number of aromatic nitrogens is 3. The first-order valence-electron chi connectivity index (χ1n) is 15.6. The van der Waals surface area contributed by atoms with Crippen LogP contribution >= 0.6 is 0 Å². The van der Waals surface area contributed by atoms with Crippen molar-refractivity contribution >= 4 is 40.0 Å². The van der Waals surface area contributed by atoms with Crippen molar-refractivity contribution in [1.82, 2.24) is 25.2 Å². The van der Waals surface area contributed by atoms with Gasteiger partial charge in [0.05, 0.1) is 23.0 Å². The molecule has 0 atom stereocenters. The minimum atomic E-state index is -0.585. The molecule has 0 radical (unpaired) electrons. The fourth-order valence-corrected chi connectivity index (χ4v) is 6.62. The van der Waals surface area contributed by atoms with Gasteiger partial charge in [-0.3, -0.25) is 9.59 Å². The van der Waals surface area contributed by atoms with Gasteiger partial charge in [-0.15, -0.1) is 0 Å². The molecule has 3 heterocycles. The zero-order valence-corrected chi connectivity index (χ0v) is 26.9. The van der Waals surface area contributed by atoms with Gasteiger partial charge in [-0.25, -0.2) is 9.97 Å². The van der Waals surface area contributed by atoms with Gasteiger partial charge in [0.1, 0.15) is 5.52 Å². The smallest absolute Gasteiger partial charge is 0.251 e. The number of imidazole rings is 1. The van der Waals surface area contributed by atoms with E-state index in [1.807, 2.05) is 56.3 Å². The van der Waals surface area contributed by atoms with Crippen LogP contribution in [0.1, 0.15) is 81.9 Å². The Kier molecular flexibility index (Phi) is 7.48. The number of fused-ring (bicyclic) bond motifs is 2. The zero-order chi connectivity index (χ0) is 31.5. The van der Waals surface area contributed by atoms with Crippen LogP contribution in [-0.2, 0) is 10.2 Å². The number of pyridine rings is 1. The lowest BCUT2D eigenvalue weighted by Gasteiger charge is -2.43. The van der Waals surface area contributed by atoms with Crippen LogP contribution in [-0.4, -0.2) is 51.5 Å². The first-order chi connectivity index (χ1) is 20.9. The molecule has 2 aliphatic rings. The van der Waals surface area contributed by atoms with Gasteiger partial charge in [0.15, 0.2) is 5.82 Å². The first-order valence-corrected chi connectivity index (χ1v) is 15.6. The number of hydrogen-bond donors (Lipinski definition) is 3. The quantitative estimate of drug-likeness (QED) is 0.223. The SMILES string of the molecule is CNC(=O)c1cc(Nc2nc(-c3ccc4c(c3)N(C3CC(NC(C)C)C3)C(=O)C4(C)C)cc3ncn(C(C)C)c23)ccc1C.